The smallest absolute Gasteiger partial charge is 0.371 e. The van der Waals surface area contributed by atoms with Crippen molar-refractivity contribution in [3.05, 3.63) is 0 Å². The van der Waals surface area contributed by atoms with E-state index in [1.54, 1.807) is 0 Å². The highest BCUT2D eigenvalue weighted by Crippen LogP contribution is 2.42. The van der Waals surface area contributed by atoms with E-state index in [2.05, 4.69) is 27.7 Å². The summed E-state index contributed by atoms with van der Waals surface area (Å²) in [5.41, 5.74) is 0. The lowest BCUT2D eigenvalue weighted by Gasteiger charge is -2.49. The second kappa shape index (κ2) is 10.0. The second-order valence-corrected chi connectivity index (χ2v) is 8.10. The van der Waals surface area contributed by atoms with Crippen molar-refractivity contribution in [1.82, 2.24) is 0 Å². The van der Waals surface area contributed by atoms with Crippen molar-refractivity contribution in [2.24, 2.45) is 0 Å². The predicted octanol–water partition coefficient (Wildman–Crippen LogP) is 2.11. The Balaban J connectivity index is 0. The van der Waals surface area contributed by atoms with E-state index in [1.165, 1.54) is 12.8 Å². The van der Waals surface area contributed by atoms with Crippen LogP contribution in [0.25, 0.3) is 0 Å². The van der Waals surface area contributed by atoms with Crippen LogP contribution >= 0.6 is 0 Å². The minimum absolute atomic E-state index is 0. The Hall–Kier alpha value is 0.244. The third-order valence-corrected chi connectivity index (χ3v) is 8.44. The average Bonchev–Trinajstić information content (AvgIpc) is 2.33. The van der Waals surface area contributed by atoms with Gasteiger partial charge in [0.1, 0.15) is 5.22 Å². The highest BCUT2D eigenvalue weighted by atomic mass is 28.4. The first-order valence-electron chi connectivity index (χ1n) is 7.12. The van der Waals surface area contributed by atoms with Crippen molar-refractivity contribution in [3.8, 4) is 0 Å². The van der Waals surface area contributed by atoms with Crippen molar-refractivity contribution < 1.29 is 18.3 Å². The van der Waals surface area contributed by atoms with Gasteiger partial charge in [0.25, 0.3) is 0 Å². The van der Waals surface area contributed by atoms with E-state index in [0.29, 0.717) is 0 Å². The standard InChI is InChI=1S/C13H28O3Si.FH.H4Si/c1-5-13(14-6-2)11-9-10-12-17(13,15-7-3)16-8-4;;/h5-12H2,1-4H3;1H;1H4. The van der Waals surface area contributed by atoms with Crippen molar-refractivity contribution in [2.45, 2.75) is 64.6 Å². The molecule has 1 unspecified atom stereocenters. The highest BCUT2D eigenvalue weighted by molar-refractivity contribution is 6.70. The monoisotopic (exact) mass is 312 g/mol. The van der Waals surface area contributed by atoms with Crippen LogP contribution in [0, 0.1) is 0 Å². The SMILES string of the molecule is CCOC1(CC)CCCC[Si]1(OCC)OCC.F.[SiH4]. The molecule has 1 atom stereocenters. The quantitative estimate of drug-likeness (QED) is 0.674. The van der Waals surface area contributed by atoms with Gasteiger partial charge < -0.3 is 13.6 Å². The van der Waals surface area contributed by atoms with Gasteiger partial charge in [0.15, 0.2) is 0 Å². The minimum Gasteiger partial charge on any atom is -0.393 e. The van der Waals surface area contributed by atoms with Gasteiger partial charge in [-0.1, -0.05) is 19.8 Å². The summed E-state index contributed by atoms with van der Waals surface area (Å²) in [6.07, 6.45) is 4.57. The van der Waals surface area contributed by atoms with Gasteiger partial charge in [0.2, 0.25) is 0 Å². The molecule has 118 valence electrons. The Labute approximate surface area is 123 Å². The molecule has 6 heteroatoms. The van der Waals surface area contributed by atoms with Gasteiger partial charge >= 0.3 is 8.56 Å². The molecular formula is C13H33FO3Si2. The summed E-state index contributed by atoms with van der Waals surface area (Å²) in [7, 11) is -2.21. The molecule has 0 aromatic rings. The van der Waals surface area contributed by atoms with Crippen LogP contribution in [0.2, 0.25) is 6.04 Å². The van der Waals surface area contributed by atoms with E-state index in [0.717, 1.165) is 38.7 Å². The molecular weight excluding hydrogens is 279 g/mol. The van der Waals surface area contributed by atoms with Crippen molar-refractivity contribution in [2.75, 3.05) is 19.8 Å². The van der Waals surface area contributed by atoms with Gasteiger partial charge in [-0.25, -0.2) is 0 Å². The van der Waals surface area contributed by atoms with Gasteiger partial charge in [0, 0.05) is 19.8 Å². The van der Waals surface area contributed by atoms with Gasteiger partial charge in [-0.05, 0) is 50.6 Å². The molecule has 0 aromatic carbocycles. The number of halogens is 1. The average molecular weight is 313 g/mol. The van der Waals surface area contributed by atoms with Crippen LogP contribution in [0.1, 0.15) is 53.4 Å². The van der Waals surface area contributed by atoms with Gasteiger partial charge in [-0.15, -0.1) is 0 Å². The Bertz CT molecular complexity index is 216. The second-order valence-electron chi connectivity index (χ2n) is 4.61. The molecule has 1 heterocycles. The summed E-state index contributed by atoms with van der Waals surface area (Å²) in [5.74, 6) is 0. The van der Waals surface area contributed by atoms with Gasteiger partial charge in [-0.3, -0.25) is 4.70 Å². The molecule has 0 aromatic heterocycles. The summed E-state index contributed by atoms with van der Waals surface area (Å²) in [6.45, 7) is 10.6. The van der Waals surface area contributed by atoms with Crippen molar-refractivity contribution >= 4 is 19.5 Å². The fourth-order valence-electron chi connectivity index (χ4n) is 3.11. The van der Waals surface area contributed by atoms with E-state index >= 15 is 0 Å². The molecule has 0 amide bonds. The van der Waals surface area contributed by atoms with Crippen LogP contribution in [0.3, 0.4) is 0 Å². The molecule has 19 heavy (non-hydrogen) atoms. The fraction of sp³-hybridized carbons (Fsp3) is 1.00. The van der Waals surface area contributed by atoms with Crippen LogP contribution in [-0.2, 0) is 13.6 Å². The zero-order chi connectivity index (χ0) is 12.8. The molecule has 0 N–H and O–H groups in total. The summed E-state index contributed by atoms with van der Waals surface area (Å²) >= 11 is 0. The molecule has 0 radical (unpaired) electrons. The lowest BCUT2D eigenvalue weighted by molar-refractivity contribution is -0.0426. The van der Waals surface area contributed by atoms with Crippen LogP contribution in [0.5, 0.6) is 0 Å². The summed E-state index contributed by atoms with van der Waals surface area (Å²) < 4.78 is 18.5. The largest absolute Gasteiger partial charge is 0.393 e. The molecule has 0 aliphatic carbocycles. The van der Waals surface area contributed by atoms with Crippen LogP contribution < -0.4 is 0 Å². The maximum absolute atomic E-state index is 6.16. The molecule has 0 saturated carbocycles. The number of rotatable bonds is 7. The normalized spacial score (nSPS) is 25.3. The first-order valence-corrected chi connectivity index (χ1v) is 9.14. The first-order chi connectivity index (χ1) is 8.20. The molecule has 1 saturated heterocycles. The predicted molar refractivity (Wildman–Crippen MR) is 86.1 cm³/mol. The topological polar surface area (TPSA) is 27.7 Å². The lowest BCUT2D eigenvalue weighted by atomic mass is 10.1. The lowest BCUT2D eigenvalue weighted by Crippen LogP contribution is -2.65. The van der Waals surface area contributed by atoms with Gasteiger partial charge in [-0.2, -0.15) is 0 Å². The first kappa shape index (κ1) is 21.5. The molecule has 1 fully saturated rings. The van der Waals surface area contributed by atoms with E-state index in [1.807, 2.05) is 0 Å². The Kier molecular flexibility index (Phi) is 11.4. The molecule has 3 nitrogen and oxygen atoms in total. The van der Waals surface area contributed by atoms with Crippen molar-refractivity contribution in [3.63, 3.8) is 0 Å². The maximum atomic E-state index is 6.16. The highest BCUT2D eigenvalue weighted by Gasteiger charge is 2.58. The van der Waals surface area contributed by atoms with E-state index in [9.17, 15) is 0 Å². The fourth-order valence-corrected chi connectivity index (χ4v) is 7.57. The zero-order valence-corrected chi connectivity index (χ0v) is 13.3. The summed E-state index contributed by atoms with van der Waals surface area (Å²) in [4.78, 5) is 0. The van der Waals surface area contributed by atoms with Crippen LogP contribution in [0.15, 0.2) is 0 Å². The minimum atomic E-state index is -2.21. The maximum Gasteiger partial charge on any atom is 0.371 e. The summed E-state index contributed by atoms with van der Waals surface area (Å²) in [5, 5.41) is -0.119. The Morgan fingerprint density at radius 1 is 0.947 bits per heavy atom. The zero-order valence-electron chi connectivity index (χ0n) is 12.3. The van der Waals surface area contributed by atoms with E-state index in [4.69, 9.17) is 13.6 Å². The number of hydrogen-bond donors (Lipinski definition) is 0. The number of hydrogen-bond acceptors (Lipinski definition) is 3. The molecule has 1 aliphatic rings. The molecule has 1 aliphatic heterocycles. The third-order valence-electron chi connectivity index (χ3n) is 3.78. The van der Waals surface area contributed by atoms with Crippen LogP contribution in [0.4, 0.5) is 4.70 Å². The van der Waals surface area contributed by atoms with Gasteiger partial charge in [0.05, 0.1) is 0 Å². The summed E-state index contributed by atoms with van der Waals surface area (Å²) in [6, 6.07) is 1.09. The van der Waals surface area contributed by atoms with Crippen molar-refractivity contribution in [1.29, 1.82) is 0 Å². The third kappa shape index (κ3) is 4.36. The van der Waals surface area contributed by atoms with E-state index < -0.39 is 8.56 Å². The van der Waals surface area contributed by atoms with E-state index in [-0.39, 0.29) is 20.9 Å². The number of ether oxygens (including phenoxy) is 1. The molecule has 0 spiro atoms. The Morgan fingerprint density at radius 3 is 1.95 bits per heavy atom. The Morgan fingerprint density at radius 2 is 1.53 bits per heavy atom. The molecule has 0 bridgehead atoms. The van der Waals surface area contributed by atoms with Crippen LogP contribution in [-0.4, -0.2) is 44.6 Å². The molecule has 1 rings (SSSR count).